The molecule has 0 fully saturated rings. The molecule has 0 bridgehead atoms. The zero-order valence-corrected chi connectivity index (χ0v) is 11.6. The molecule has 0 heterocycles. The van der Waals surface area contributed by atoms with Crippen LogP contribution in [0.5, 0.6) is 0 Å². The summed E-state index contributed by atoms with van der Waals surface area (Å²) >= 11 is 0. The summed E-state index contributed by atoms with van der Waals surface area (Å²) in [5, 5.41) is 10.9. The molecule has 0 atom stereocenters. The van der Waals surface area contributed by atoms with E-state index in [9.17, 15) is 19.3 Å². The van der Waals surface area contributed by atoms with Gasteiger partial charge in [0.05, 0.1) is 17.6 Å². The number of benzene rings is 1. The molecule has 0 spiro atoms. The zero-order chi connectivity index (χ0) is 15.3. The Balaban J connectivity index is 2.85. The number of ether oxygens (including phenoxy) is 1. The van der Waals surface area contributed by atoms with Gasteiger partial charge in [-0.2, -0.15) is 0 Å². The van der Waals surface area contributed by atoms with Crippen molar-refractivity contribution in [3.05, 3.63) is 39.7 Å². The molecule has 20 heavy (non-hydrogen) atoms. The Morgan fingerprint density at radius 1 is 1.50 bits per heavy atom. The Morgan fingerprint density at radius 3 is 2.70 bits per heavy atom. The summed E-state index contributed by atoms with van der Waals surface area (Å²) in [5.74, 6) is -1.30. The fourth-order valence-electron chi connectivity index (χ4n) is 1.57. The topological polar surface area (TPSA) is 72.7 Å². The normalized spacial score (nSPS) is 10.7. The first-order chi connectivity index (χ1) is 9.32. The first-order valence-corrected chi connectivity index (χ1v) is 6.14. The molecule has 0 saturated heterocycles. The van der Waals surface area contributed by atoms with Crippen LogP contribution < -0.4 is 0 Å². The molecule has 0 saturated carbocycles. The maximum absolute atomic E-state index is 13.2. The highest BCUT2D eigenvalue weighted by atomic mass is 19.1. The second kappa shape index (κ2) is 6.95. The standard InChI is InChI=1S/C13H17FN2O4/c1-9(2)20-7-6-15(3)13(17)11-8-10(14)4-5-12(11)16(18)19/h4-5,8-9H,6-7H2,1-3H3. The molecular formula is C13H17FN2O4. The van der Waals surface area contributed by atoms with Gasteiger partial charge in [0.1, 0.15) is 11.4 Å². The van der Waals surface area contributed by atoms with Gasteiger partial charge in [-0.15, -0.1) is 0 Å². The van der Waals surface area contributed by atoms with Crippen molar-refractivity contribution >= 4 is 11.6 Å². The highest BCUT2D eigenvalue weighted by Gasteiger charge is 2.23. The van der Waals surface area contributed by atoms with Crippen molar-refractivity contribution in [1.82, 2.24) is 4.90 Å². The van der Waals surface area contributed by atoms with Crippen molar-refractivity contribution in [3.8, 4) is 0 Å². The Hall–Kier alpha value is -2.02. The van der Waals surface area contributed by atoms with Crippen LogP contribution in [0.1, 0.15) is 24.2 Å². The van der Waals surface area contributed by atoms with E-state index >= 15 is 0 Å². The Kier molecular flexibility index (Phi) is 5.57. The summed E-state index contributed by atoms with van der Waals surface area (Å²) in [4.78, 5) is 23.5. The monoisotopic (exact) mass is 284 g/mol. The zero-order valence-electron chi connectivity index (χ0n) is 11.6. The molecule has 6 nitrogen and oxygen atoms in total. The summed E-state index contributed by atoms with van der Waals surface area (Å²) in [6.07, 6.45) is 0.0296. The SMILES string of the molecule is CC(C)OCCN(C)C(=O)c1cc(F)ccc1[N+](=O)[O-]. The summed E-state index contributed by atoms with van der Waals surface area (Å²) in [6.45, 7) is 4.30. The van der Waals surface area contributed by atoms with Crippen LogP contribution in [0.4, 0.5) is 10.1 Å². The summed E-state index contributed by atoms with van der Waals surface area (Å²) in [7, 11) is 1.49. The van der Waals surface area contributed by atoms with Crippen molar-refractivity contribution in [2.45, 2.75) is 20.0 Å². The summed E-state index contributed by atoms with van der Waals surface area (Å²) in [5.41, 5.74) is -0.671. The smallest absolute Gasteiger partial charge is 0.282 e. The Bertz CT molecular complexity index is 505. The van der Waals surface area contributed by atoms with Crippen LogP contribution in [0.2, 0.25) is 0 Å². The van der Waals surface area contributed by atoms with Crippen LogP contribution in [-0.2, 0) is 4.74 Å². The third-order valence-electron chi connectivity index (χ3n) is 2.61. The Labute approximate surface area is 116 Å². The third-order valence-corrected chi connectivity index (χ3v) is 2.61. The average molecular weight is 284 g/mol. The van der Waals surface area contributed by atoms with E-state index in [2.05, 4.69) is 0 Å². The van der Waals surface area contributed by atoms with Gasteiger partial charge in [-0.05, 0) is 26.0 Å². The van der Waals surface area contributed by atoms with Gasteiger partial charge in [0.2, 0.25) is 0 Å². The first kappa shape index (κ1) is 16.0. The summed E-state index contributed by atoms with van der Waals surface area (Å²) in [6, 6.07) is 2.82. The number of nitrogens with zero attached hydrogens (tertiary/aromatic N) is 2. The first-order valence-electron chi connectivity index (χ1n) is 6.14. The Morgan fingerprint density at radius 2 is 2.15 bits per heavy atom. The van der Waals surface area contributed by atoms with Crippen molar-refractivity contribution in [2.24, 2.45) is 0 Å². The van der Waals surface area contributed by atoms with Crippen molar-refractivity contribution in [2.75, 3.05) is 20.2 Å². The van der Waals surface area contributed by atoms with Gasteiger partial charge in [-0.1, -0.05) is 0 Å². The minimum atomic E-state index is -0.703. The molecule has 110 valence electrons. The van der Waals surface area contributed by atoms with E-state index in [1.54, 1.807) is 0 Å². The number of nitro groups is 1. The van der Waals surface area contributed by atoms with E-state index in [0.717, 1.165) is 18.2 Å². The molecular weight excluding hydrogens is 267 g/mol. The number of nitro benzene ring substituents is 1. The molecule has 0 radical (unpaired) electrons. The highest BCUT2D eigenvalue weighted by Crippen LogP contribution is 2.20. The molecule has 7 heteroatoms. The lowest BCUT2D eigenvalue weighted by Gasteiger charge is -2.18. The number of rotatable bonds is 6. The van der Waals surface area contributed by atoms with E-state index in [1.165, 1.54) is 11.9 Å². The van der Waals surface area contributed by atoms with Crippen LogP contribution in [-0.4, -0.2) is 42.0 Å². The van der Waals surface area contributed by atoms with Crippen LogP contribution >= 0.6 is 0 Å². The largest absolute Gasteiger partial charge is 0.377 e. The minimum absolute atomic E-state index is 0.0296. The lowest BCUT2D eigenvalue weighted by molar-refractivity contribution is -0.385. The molecule has 0 aliphatic carbocycles. The number of likely N-dealkylation sites (N-methyl/N-ethyl adjacent to an activating group) is 1. The number of amides is 1. The molecule has 1 aromatic rings. The van der Waals surface area contributed by atoms with Gasteiger partial charge in [-0.3, -0.25) is 14.9 Å². The average Bonchev–Trinajstić information content (AvgIpc) is 2.36. The molecule has 0 N–H and O–H groups in total. The summed E-state index contributed by atoms with van der Waals surface area (Å²) < 4.78 is 18.5. The van der Waals surface area contributed by atoms with E-state index in [1.807, 2.05) is 13.8 Å². The predicted molar refractivity (Wildman–Crippen MR) is 71.1 cm³/mol. The van der Waals surface area contributed by atoms with Gasteiger partial charge in [0.25, 0.3) is 11.6 Å². The quantitative estimate of drug-likeness (QED) is 0.593. The lowest BCUT2D eigenvalue weighted by atomic mass is 10.1. The molecule has 0 unspecified atom stereocenters. The fourth-order valence-corrected chi connectivity index (χ4v) is 1.57. The fraction of sp³-hybridized carbons (Fsp3) is 0.462. The molecule has 0 aliphatic heterocycles. The number of carbonyl (C=O) groups excluding carboxylic acids is 1. The number of hydrogen-bond donors (Lipinski definition) is 0. The predicted octanol–water partition coefficient (Wildman–Crippen LogP) is 2.23. The maximum atomic E-state index is 13.2. The molecule has 1 aromatic carbocycles. The van der Waals surface area contributed by atoms with E-state index in [4.69, 9.17) is 4.74 Å². The van der Waals surface area contributed by atoms with Crippen LogP contribution in [0.3, 0.4) is 0 Å². The van der Waals surface area contributed by atoms with Gasteiger partial charge in [0.15, 0.2) is 0 Å². The number of hydrogen-bond acceptors (Lipinski definition) is 4. The molecule has 0 aliphatic rings. The second-order valence-electron chi connectivity index (χ2n) is 4.56. The van der Waals surface area contributed by atoms with Crippen LogP contribution in [0.15, 0.2) is 18.2 Å². The minimum Gasteiger partial charge on any atom is -0.377 e. The van der Waals surface area contributed by atoms with Gasteiger partial charge in [0, 0.05) is 19.7 Å². The van der Waals surface area contributed by atoms with Crippen LogP contribution in [0, 0.1) is 15.9 Å². The van der Waals surface area contributed by atoms with Crippen LogP contribution in [0.25, 0.3) is 0 Å². The third kappa shape index (κ3) is 4.27. The second-order valence-corrected chi connectivity index (χ2v) is 4.56. The van der Waals surface area contributed by atoms with Crippen molar-refractivity contribution < 1.29 is 18.8 Å². The van der Waals surface area contributed by atoms with Gasteiger partial charge in [-0.25, -0.2) is 4.39 Å². The van der Waals surface area contributed by atoms with Gasteiger partial charge >= 0.3 is 0 Å². The number of halogens is 1. The number of carbonyl (C=O) groups is 1. The molecule has 1 amide bonds. The molecule has 0 aromatic heterocycles. The molecule has 1 rings (SSSR count). The van der Waals surface area contributed by atoms with E-state index in [-0.39, 0.29) is 18.2 Å². The maximum Gasteiger partial charge on any atom is 0.282 e. The lowest BCUT2D eigenvalue weighted by Crippen LogP contribution is -2.31. The van der Waals surface area contributed by atoms with E-state index in [0.29, 0.717) is 6.61 Å². The highest BCUT2D eigenvalue weighted by molar-refractivity contribution is 5.98. The van der Waals surface area contributed by atoms with E-state index < -0.39 is 22.3 Å². The van der Waals surface area contributed by atoms with Crippen molar-refractivity contribution in [1.29, 1.82) is 0 Å². The van der Waals surface area contributed by atoms with Gasteiger partial charge < -0.3 is 9.64 Å². The van der Waals surface area contributed by atoms with Crippen molar-refractivity contribution in [3.63, 3.8) is 0 Å².